The van der Waals surface area contributed by atoms with Gasteiger partial charge in [0.2, 0.25) is 0 Å². The van der Waals surface area contributed by atoms with Crippen molar-refractivity contribution in [1.82, 2.24) is 4.98 Å². The topological polar surface area (TPSA) is 48.1 Å². The van der Waals surface area contributed by atoms with Gasteiger partial charge >= 0.3 is 0 Å². The Balaban J connectivity index is 1.59. The molecule has 4 rings (SSSR count). The largest absolute Gasteiger partial charge is 0.296 e. The smallest absolute Gasteiger partial charge is 0.106 e. The van der Waals surface area contributed by atoms with Crippen molar-refractivity contribution in [3.8, 4) is 11.3 Å². The summed E-state index contributed by atoms with van der Waals surface area (Å²) in [5.74, 6) is 6.17. The highest BCUT2D eigenvalue weighted by Gasteiger charge is 2.25. The predicted molar refractivity (Wildman–Crippen MR) is 102 cm³/mol. The number of hydrogen-bond acceptors (Lipinski definition) is 3. The van der Waals surface area contributed by atoms with Gasteiger partial charge in [0.1, 0.15) is 6.10 Å². The van der Waals surface area contributed by atoms with Gasteiger partial charge in [-0.15, -0.1) is 0 Å². The van der Waals surface area contributed by atoms with Crippen molar-refractivity contribution < 1.29 is 4.84 Å². The fourth-order valence-corrected chi connectivity index (χ4v) is 3.97. The maximum Gasteiger partial charge on any atom is 0.106 e. The highest BCUT2D eigenvalue weighted by Crippen LogP contribution is 2.36. The molecule has 2 N–H and O–H groups in total. The van der Waals surface area contributed by atoms with Crippen LogP contribution in [0.25, 0.3) is 22.2 Å². The minimum atomic E-state index is -0.00101. The lowest BCUT2D eigenvalue weighted by Crippen LogP contribution is -2.21. The Hall–Kier alpha value is -2.23. The van der Waals surface area contributed by atoms with Gasteiger partial charge in [-0.05, 0) is 36.5 Å². The summed E-state index contributed by atoms with van der Waals surface area (Å²) in [5.41, 5.74) is 4.30. The minimum absolute atomic E-state index is 0.00101. The van der Waals surface area contributed by atoms with Crippen LogP contribution >= 0.6 is 0 Å². The van der Waals surface area contributed by atoms with E-state index < -0.39 is 0 Å². The van der Waals surface area contributed by atoms with Crippen LogP contribution in [0.4, 0.5) is 0 Å². The van der Waals surface area contributed by atoms with E-state index >= 15 is 0 Å². The van der Waals surface area contributed by atoms with Crippen molar-refractivity contribution in [1.29, 1.82) is 0 Å². The number of hydrogen-bond donors (Lipinski definition) is 1. The number of rotatable bonds is 4. The van der Waals surface area contributed by atoms with Gasteiger partial charge in [-0.1, -0.05) is 67.8 Å². The molecule has 1 heterocycles. The van der Waals surface area contributed by atoms with E-state index in [0.29, 0.717) is 5.92 Å². The average Bonchev–Trinajstić information content (AvgIpc) is 2.70. The van der Waals surface area contributed by atoms with E-state index in [1.165, 1.54) is 37.7 Å². The zero-order chi connectivity index (χ0) is 17.1. The highest BCUT2D eigenvalue weighted by molar-refractivity contribution is 5.81. The number of nitrogens with zero attached hydrogens (tertiary/aromatic N) is 1. The molecule has 1 fully saturated rings. The van der Waals surface area contributed by atoms with Crippen LogP contribution in [0.1, 0.15) is 43.8 Å². The molecule has 128 valence electrons. The van der Waals surface area contributed by atoms with Crippen LogP contribution in [0.15, 0.2) is 60.7 Å². The maximum absolute atomic E-state index is 5.63. The summed E-state index contributed by atoms with van der Waals surface area (Å²) in [6.07, 6.45) is 6.30. The SMILES string of the molecule is NOC(c1ccc(-c2ccc3ccccc3n2)cc1)C1CCCCC1. The Kier molecular flexibility index (Phi) is 4.77. The molecule has 1 aromatic heterocycles. The predicted octanol–water partition coefficient (Wildman–Crippen LogP) is 5.41. The third-order valence-electron chi connectivity index (χ3n) is 5.36. The lowest BCUT2D eigenvalue weighted by atomic mass is 9.82. The molecule has 3 aromatic rings. The summed E-state index contributed by atoms with van der Waals surface area (Å²) < 4.78 is 0. The van der Waals surface area contributed by atoms with E-state index in [-0.39, 0.29) is 6.10 Å². The van der Waals surface area contributed by atoms with Crippen LogP contribution in [0.2, 0.25) is 0 Å². The number of pyridine rings is 1. The number of fused-ring (bicyclic) bond motifs is 1. The lowest BCUT2D eigenvalue weighted by molar-refractivity contribution is -0.00275. The first-order valence-electron chi connectivity index (χ1n) is 9.17. The average molecular weight is 332 g/mol. The van der Waals surface area contributed by atoms with Gasteiger partial charge in [-0.3, -0.25) is 4.84 Å². The first-order chi connectivity index (χ1) is 12.3. The third kappa shape index (κ3) is 3.44. The van der Waals surface area contributed by atoms with E-state index in [1.54, 1.807) is 0 Å². The molecule has 1 atom stereocenters. The van der Waals surface area contributed by atoms with Crippen molar-refractivity contribution in [2.45, 2.75) is 38.2 Å². The summed E-state index contributed by atoms with van der Waals surface area (Å²) in [6, 6.07) is 20.9. The number of para-hydroxylation sites is 1. The van der Waals surface area contributed by atoms with E-state index in [4.69, 9.17) is 15.7 Å². The Labute approximate surface area is 148 Å². The molecule has 25 heavy (non-hydrogen) atoms. The van der Waals surface area contributed by atoms with Crippen molar-refractivity contribution in [2.24, 2.45) is 11.8 Å². The number of benzene rings is 2. The standard InChI is InChI=1S/C22H24N2O/c23-25-22(18-7-2-1-3-8-18)19-12-10-17(11-13-19)21-15-14-16-6-4-5-9-20(16)24-21/h4-6,9-15,18,22H,1-3,7-8,23H2. The van der Waals surface area contributed by atoms with E-state index in [1.807, 2.05) is 12.1 Å². The van der Waals surface area contributed by atoms with E-state index in [0.717, 1.165) is 22.2 Å². The fourth-order valence-electron chi connectivity index (χ4n) is 3.97. The quantitative estimate of drug-likeness (QED) is 0.650. The summed E-state index contributed by atoms with van der Waals surface area (Å²) in [4.78, 5) is 10.1. The summed E-state index contributed by atoms with van der Waals surface area (Å²) >= 11 is 0. The van der Waals surface area contributed by atoms with Crippen LogP contribution < -0.4 is 5.90 Å². The van der Waals surface area contributed by atoms with Crippen LogP contribution in [0.3, 0.4) is 0 Å². The zero-order valence-corrected chi connectivity index (χ0v) is 14.4. The molecule has 3 heteroatoms. The third-order valence-corrected chi connectivity index (χ3v) is 5.36. The van der Waals surface area contributed by atoms with Crippen molar-refractivity contribution in [2.75, 3.05) is 0 Å². The first-order valence-corrected chi connectivity index (χ1v) is 9.17. The maximum atomic E-state index is 5.63. The van der Waals surface area contributed by atoms with Gasteiger partial charge < -0.3 is 0 Å². The van der Waals surface area contributed by atoms with Crippen molar-refractivity contribution in [3.05, 3.63) is 66.2 Å². The lowest BCUT2D eigenvalue weighted by Gasteiger charge is -2.28. The molecule has 1 saturated carbocycles. The summed E-state index contributed by atoms with van der Waals surface area (Å²) in [7, 11) is 0. The molecule has 2 aromatic carbocycles. The van der Waals surface area contributed by atoms with Gasteiger partial charge in [-0.2, -0.15) is 0 Å². The Morgan fingerprint density at radius 3 is 2.40 bits per heavy atom. The van der Waals surface area contributed by atoms with Crippen LogP contribution in [0.5, 0.6) is 0 Å². The molecule has 0 saturated heterocycles. The normalized spacial score (nSPS) is 16.8. The van der Waals surface area contributed by atoms with Crippen LogP contribution in [0, 0.1) is 5.92 Å². The molecule has 1 aliphatic rings. The zero-order valence-electron chi connectivity index (χ0n) is 14.4. The van der Waals surface area contributed by atoms with Gasteiger partial charge in [0.15, 0.2) is 0 Å². The molecule has 0 bridgehead atoms. The monoisotopic (exact) mass is 332 g/mol. The summed E-state index contributed by atoms with van der Waals surface area (Å²) in [5, 5.41) is 1.16. The van der Waals surface area contributed by atoms with Crippen LogP contribution in [-0.2, 0) is 4.84 Å². The van der Waals surface area contributed by atoms with Gasteiger partial charge in [0.05, 0.1) is 11.2 Å². The molecule has 1 aliphatic carbocycles. The van der Waals surface area contributed by atoms with Crippen molar-refractivity contribution in [3.63, 3.8) is 0 Å². The second-order valence-electron chi connectivity index (χ2n) is 6.97. The Bertz CT molecular complexity index is 838. The molecule has 0 radical (unpaired) electrons. The second-order valence-corrected chi connectivity index (χ2v) is 6.97. The molecule has 0 spiro atoms. The van der Waals surface area contributed by atoms with E-state index in [9.17, 15) is 0 Å². The molecular formula is C22H24N2O. The molecule has 0 amide bonds. The Morgan fingerprint density at radius 1 is 0.880 bits per heavy atom. The fraction of sp³-hybridized carbons (Fsp3) is 0.318. The highest BCUT2D eigenvalue weighted by atomic mass is 16.6. The Morgan fingerprint density at radius 2 is 1.64 bits per heavy atom. The second kappa shape index (κ2) is 7.34. The number of nitrogens with two attached hydrogens (primary N) is 1. The summed E-state index contributed by atoms with van der Waals surface area (Å²) in [6.45, 7) is 0. The minimum Gasteiger partial charge on any atom is -0.296 e. The van der Waals surface area contributed by atoms with E-state index in [2.05, 4.69) is 48.5 Å². The van der Waals surface area contributed by atoms with Gasteiger partial charge in [-0.25, -0.2) is 10.9 Å². The molecule has 1 unspecified atom stereocenters. The molecule has 0 aliphatic heterocycles. The van der Waals surface area contributed by atoms with Crippen LogP contribution in [-0.4, -0.2) is 4.98 Å². The van der Waals surface area contributed by atoms with Gasteiger partial charge in [0, 0.05) is 10.9 Å². The van der Waals surface area contributed by atoms with Crippen molar-refractivity contribution >= 4 is 10.9 Å². The number of aromatic nitrogens is 1. The molecular weight excluding hydrogens is 308 g/mol. The molecule has 3 nitrogen and oxygen atoms in total. The first kappa shape index (κ1) is 16.2. The van der Waals surface area contributed by atoms with Gasteiger partial charge in [0.25, 0.3) is 0 Å².